The maximum atomic E-state index is 13.8. The first-order valence-corrected chi connectivity index (χ1v) is 14.1. The average molecular weight is 596 g/mol. The largest absolute Gasteiger partial charge is 0.388 e. The fourth-order valence-electron chi connectivity index (χ4n) is 5.88. The third-order valence-electron chi connectivity index (χ3n) is 8.17. The van der Waals surface area contributed by atoms with Crippen molar-refractivity contribution in [1.29, 1.82) is 0 Å². The van der Waals surface area contributed by atoms with E-state index >= 15 is 0 Å². The van der Waals surface area contributed by atoms with E-state index in [1.165, 1.54) is 33.3 Å². The van der Waals surface area contributed by atoms with Gasteiger partial charge >= 0.3 is 6.03 Å². The number of nitrogens with one attached hydrogen (secondary N) is 1. The third-order valence-corrected chi connectivity index (χ3v) is 8.17. The highest BCUT2D eigenvalue weighted by molar-refractivity contribution is 6.21. The number of hydrogen-bond donors (Lipinski definition) is 4. The second-order valence-electron chi connectivity index (χ2n) is 10.8. The topological polar surface area (TPSA) is 189 Å². The Hall–Kier alpha value is -5.18. The highest BCUT2D eigenvalue weighted by Gasteiger charge is 2.48. The fraction of sp³-hybridized carbons (Fsp3) is 0.267. The summed E-state index contributed by atoms with van der Waals surface area (Å²) in [4.78, 5) is 49.6. The molecule has 0 bridgehead atoms. The maximum absolute atomic E-state index is 13.8. The molecule has 2 unspecified atom stereocenters. The molecule has 5 atom stereocenters. The van der Waals surface area contributed by atoms with Crippen LogP contribution in [0, 0.1) is 0 Å². The van der Waals surface area contributed by atoms with E-state index in [9.17, 15) is 19.8 Å². The zero-order valence-electron chi connectivity index (χ0n) is 23.3. The minimum atomic E-state index is -1.30. The number of rotatable bonds is 8. The highest BCUT2D eigenvalue weighted by Crippen LogP contribution is 2.35. The number of benzene rings is 2. The van der Waals surface area contributed by atoms with E-state index in [4.69, 9.17) is 10.5 Å². The second kappa shape index (κ2) is 11.1. The Labute approximate surface area is 250 Å². The number of ether oxygens (including phenoxy) is 1. The van der Waals surface area contributed by atoms with Crippen LogP contribution in [0.25, 0.3) is 22.3 Å². The Morgan fingerprint density at radius 1 is 0.955 bits per heavy atom. The summed E-state index contributed by atoms with van der Waals surface area (Å²) in [6, 6.07) is 15.8. The third kappa shape index (κ3) is 4.74. The van der Waals surface area contributed by atoms with Gasteiger partial charge in [0.2, 0.25) is 0 Å². The molecule has 3 amide bonds. The molecule has 5 heterocycles. The minimum absolute atomic E-state index is 0.0862. The first-order valence-electron chi connectivity index (χ1n) is 14.1. The van der Waals surface area contributed by atoms with Crippen LogP contribution >= 0.6 is 0 Å². The lowest BCUT2D eigenvalue weighted by Crippen LogP contribution is -2.40. The zero-order chi connectivity index (χ0) is 30.4. The van der Waals surface area contributed by atoms with E-state index in [0.717, 1.165) is 11.1 Å². The van der Waals surface area contributed by atoms with E-state index in [2.05, 4.69) is 24.9 Å². The molecule has 0 radical (unpaired) electrons. The van der Waals surface area contributed by atoms with Crippen LogP contribution in [0.4, 0.5) is 16.3 Å². The Balaban J connectivity index is 1.11. The number of amides is 3. The number of fused-ring (bicyclic) bond motifs is 1. The lowest BCUT2D eigenvalue weighted by Gasteiger charge is -2.24. The van der Waals surface area contributed by atoms with Gasteiger partial charge in [0.05, 0.1) is 24.4 Å². The summed E-state index contributed by atoms with van der Waals surface area (Å²) in [7, 11) is 0. The Morgan fingerprint density at radius 3 is 2.48 bits per heavy atom. The number of carbonyl (C=O) groups is 2. The van der Waals surface area contributed by atoms with Crippen LogP contribution in [0.5, 0.6) is 0 Å². The van der Waals surface area contributed by atoms with Crippen LogP contribution in [-0.4, -0.2) is 87.4 Å². The van der Waals surface area contributed by atoms with Gasteiger partial charge in [0.15, 0.2) is 17.7 Å². The first kappa shape index (κ1) is 27.6. The smallest absolute Gasteiger partial charge is 0.332 e. The van der Waals surface area contributed by atoms with Crippen molar-refractivity contribution in [3.8, 4) is 11.1 Å². The summed E-state index contributed by atoms with van der Waals surface area (Å²) in [5.41, 5.74) is 9.72. The van der Waals surface area contributed by atoms with Crippen molar-refractivity contribution in [3.05, 3.63) is 85.5 Å². The molecule has 0 spiro atoms. The molecule has 14 heteroatoms. The number of urea groups is 1. The summed E-state index contributed by atoms with van der Waals surface area (Å²) in [5, 5.41) is 21.8. The number of nitrogens with two attached hydrogens (primary N) is 1. The van der Waals surface area contributed by atoms with Gasteiger partial charge in [-0.25, -0.2) is 29.6 Å². The van der Waals surface area contributed by atoms with Crippen molar-refractivity contribution in [1.82, 2.24) is 34.4 Å². The SMILES string of the molecule is Nc1ncnc2c1ncn2[C@@H]1O[C@H](CCN2C(=O)N(c3ccc(-c4ccccc4)cc3)C(=O)C2Cc2cnc[nH]2)C(O)[C@H]1O. The molecule has 0 aliphatic carbocycles. The van der Waals surface area contributed by atoms with Gasteiger partial charge < -0.3 is 30.6 Å². The number of nitrogens with zero attached hydrogens (tertiary/aromatic N) is 7. The normalized spacial score (nSPS) is 23.7. The number of nitrogen functional groups attached to an aromatic ring is 1. The van der Waals surface area contributed by atoms with Gasteiger partial charge in [-0.3, -0.25) is 9.36 Å². The van der Waals surface area contributed by atoms with Crippen LogP contribution in [0.3, 0.4) is 0 Å². The van der Waals surface area contributed by atoms with Gasteiger partial charge in [0.25, 0.3) is 5.91 Å². The van der Waals surface area contributed by atoms with Crippen LogP contribution in [-0.2, 0) is 16.0 Å². The van der Waals surface area contributed by atoms with Crippen LogP contribution < -0.4 is 10.6 Å². The number of anilines is 2. The molecule has 224 valence electrons. The number of hydrogen-bond acceptors (Lipinski definition) is 10. The average Bonchev–Trinajstić information content (AvgIpc) is 3.82. The van der Waals surface area contributed by atoms with E-state index in [0.29, 0.717) is 22.5 Å². The Morgan fingerprint density at radius 2 is 1.73 bits per heavy atom. The molecule has 5 aromatic rings. The van der Waals surface area contributed by atoms with Gasteiger partial charge in [-0.15, -0.1) is 0 Å². The minimum Gasteiger partial charge on any atom is -0.388 e. The van der Waals surface area contributed by atoms with E-state index < -0.39 is 36.6 Å². The zero-order valence-corrected chi connectivity index (χ0v) is 23.3. The monoisotopic (exact) mass is 595 g/mol. The number of aromatic amines is 1. The first-order chi connectivity index (χ1) is 21.4. The van der Waals surface area contributed by atoms with Gasteiger partial charge in [0.1, 0.15) is 30.1 Å². The summed E-state index contributed by atoms with van der Waals surface area (Å²) in [6.07, 6.45) is 1.80. The van der Waals surface area contributed by atoms with Crippen molar-refractivity contribution in [3.63, 3.8) is 0 Å². The quantitative estimate of drug-likeness (QED) is 0.193. The molecule has 2 saturated heterocycles. The van der Waals surface area contributed by atoms with E-state index in [1.54, 1.807) is 18.3 Å². The molecule has 2 aliphatic rings. The molecule has 3 aromatic heterocycles. The molecule has 0 saturated carbocycles. The summed E-state index contributed by atoms with van der Waals surface area (Å²) in [5.74, 6) is -0.192. The summed E-state index contributed by atoms with van der Waals surface area (Å²) in [6.45, 7) is 0.0862. The van der Waals surface area contributed by atoms with Crippen molar-refractivity contribution in [2.45, 2.75) is 43.4 Å². The molecular weight excluding hydrogens is 566 g/mol. The molecular formula is C30H29N9O5. The second-order valence-corrected chi connectivity index (χ2v) is 10.8. The summed E-state index contributed by atoms with van der Waals surface area (Å²) >= 11 is 0. The summed E-state index contributed by atoms with van der Waals surface area (Å²) < 4.78 is 7.57. The lowest BCUT2D eigenvalue weighted by molar-refractivity contribution is -0.119. The number of H-pyrrole nitrogens is 1. The standard InChI is InChI=1S/C30H29N9O5/c31-26-23-27(35-15-34-26)38(16-36-23)29-25(41)24(40)22(44-29)10-11-37-21(12-19-13-32-14-33-19)28(42)39(30(37)43)20-8-6-18(7-9-20)17-4-2-1-3-5-17/h1-9,13-16,21-22,24-25,29,40-41H,10-12H2,(H,32,33)(H2,31,34,35)/t21?,22-,24?,25-,29-/m1/s1. The van der Waals surface area contributed by atoms with Crippen LogP contribution in [0.1, 0.15) is 18.3 Å². The van der Waals surface area contributed by atoms with Gasteiger partial charge in [-0.05, 0) is 29.7 Å². The number of aromatic nitrogens is 6. The van der Waals surface area contributed by atoms with Crippen LogP contribution in [0.15, 0.2) is 79.8 Å². The van der Waals surface area contributed by atoms with E-state index in [1.807, 2.05) is 42.5 Å². The number of imidazole rings is 2. The lowest BCUT2D eigenvalue weighted by atomic mass is 10.1. The predicted molar refractivity (Wildman–Crippen MR) is 158 cm³/mol. The molecule has 7 rings (SSSR count). The number of aliphatic hydroxyl groups is 2. The van der Waals surface area contributed by atoms with Crippen molar-refractivity contribution in [2.75, 3.05) is 17.2 Å². The van der Waals surface area contributed by atoms with Crippen molar-refractivity contribution in [2.24, 2.45) is 0 Å². The predicted octanol–water partition coefficient (Wildman–Crippen LogP) is 1.89. The Kier molecular flexibility index (Phi) is 7.00. The van der Waals surface area contributed by atoms with Crippen molar-refractivity contribution >= 4 is 34.6 Å². The molecule has 2 fully saturated rings. The number of aliphatic hydroxyl groups excluding tert-OH is 2. The number of carbonyl (C=O) groups excluding carboxylic acids is 2. The Bertz CT molecular complexity index is 1800. The molecule has 5 N–H and O–H groups in total. The van der Waals surface area contributed by atoms with Crippen LogP contribution in [0.2, 0.25) is 0 Å². The molecule has 2 aromatic carbocycles. The maximum Gasteiger partial charge on any atom is 0.332 e. The fourth-order valence-corrected chi connectivity index (χ4v) is 5.88. The van der Waals surface area contributed by atoms with E-state index in [-0.39, 0.29) is 31.1 Å². The van der Waals surface area contributed by atoms with Gasteiger partial charge in [-0.1, -0.05) is 42.5 Å². The molecule has 14 nitrogen and oxygen atoms in total. The van der Waals surface area contributed by atoms with Crippen molar-refractivity contribution < 1.29 is 24.5 Å². The molecule has 44 heavy (non-hydrogen) atoms. The molecule has 2 aliphatic heterocycles. The van der Waals surface area contributed by atoms with Gasteiger partial charge in [-0.2, -0.15) is 0 Å². The van der Waals surface area contributed by atoms with Gasteiger partial charge in [0, 0.05) is 24.9 Å². The number of imide groups is 1. The highest BCUT2D eigenvalue weighted by atomic mass is 16.6.